The first-order valence-electron chi connectivity index (χ1n) is 7.44. The van der Waals surface area contributed by atoms with Gasteiger partial charge in [-0.05, 0) is 18.2 Å². The Bertz CT molecular complexity index is 597. The van der Waals surface area contributed by atoms with Crippen molar-refractivity contribution in [2.75, 3.05) is 13.7 Å². The summed E-state index contributed by atoms with van der Waals surface area (Å²) in [5, 5.41) is 3.56. The van der Waals surface area contributed by atoms with Crippen LogP contribution in [0.25, 0.3) is 0 Å². The van der Waals surface area contributed by atoms with Crippen LogP contribution in [0.3, 0.4) is 0 Å². The molecule has 0 fully saturated rings. The summed E-state index contributed by atoms with van der Waals surface area (Å²) in [6, 6.07) is 16.8. The van der Waals surface area contributed by atoms with Crippen molar-refractivity contribution in [3.8, 4) is 11.5 Å². The van der Waals surface area contributed by atoms with Crippen molar-refractivity contribution in [2.24, 2.45) is 0 Å². The number of hydrogen-bond donors (Lipinski definition) is 1. The third-order valence-electron chi connectivity index (χ3n) is 3.94. The Labute approximate surface area is 125 Å². The van der Waals surface area contributed by atoms with Crippen molar-refractivity contribution in [3.05, 3.63) is 59.7 Å². The van der Waals surface area contributed by atoms with Gasteiger partial charge in [0.1, 0.15) is 17.6 Å². The Kier molecular flexibility index (Phi) is 4.11. The summed E-state index contributed by atoms with van der Waals surface area (Å²) in [7, 11) is 1.68. The van der Waals surface area contributed by atoms with E-state index in [1.807, 2.05) is 18.2 Å². The molecule has 0 bridgehead atoms. The topological polar surface area (TPSA) is 30.5 Å². The standard InChI is InChI=1S/C18H21NO2/c1-3-19-16-12-17(13-7-5-4-6-8-13)21-18-11-14(20-2)9-10-15(16)18/h4-11,16-17,19H,3,12H2,1-2H3. The van der Waals surface area contributed by atoms with Gasteiger partial charge in [-0.1, -0.05) is 43.3 Å². The Morgan fingerprint density at radius 1 is 1.19 bits per heavy atom. The number of ether oxygens (including phenoxy) is 2. The second kappa shape index (κ2) is 6.19. The predicted octanol–water partition coefficient (Wildman–Crippen LogP) is 3.87. The minimum atomic E-state index is 0.0786. The number of benzene rings is 2. The van der Waals surface area contributed by atoms with Crippen molar-refractivity contribution in [1.82, 2.24) is 5.32 Å². The van der Waals surface area contributed by atoms with E-state index in [1.165, 1.54) is 11.1 Å². The van der Waals surface area contributed by atoms with E-state index in [-0.39, 0.29) is 6.10 Å². The molecule has 21 heavy (non-hydrogen) atoms. The van der Waals surface area contributed by atoms with E-state index >= 15 is 0 Å². The van der Waals surface area contributed by atoms with E-state index in [9.17, 15) is 0 Å². The molecule has 0 saturated carbocycles. The van der Waals surface area contributed by atoms with Gasteiger partial charge in [0.15, 0.2) is 0 Å². The SMILES string of the molecule is CCNC1CC(c2ccccc2)Oc2cc(OC)ccc21. The third-order valence-corrected chi connectivity index (χ3v) is 3.94. The minimum Gasteiger partial charge on any atom is -0.497 e. The second-order valence-corrected chi connectivity index (χ2v) is 5.27. The van der Waals surface area contributed by atoms with Crippen LogP contribution in [0.5, 0.6) is 11.5 Å². The summed E-state index contributed by atoms with van der Waals surface area (Å²) in [6.45, 7) is 3.08. The molecule has 0 aliphatic carbocycles. The molecule has 1 N–H and O–H groups in total. The van der Waals surface area contributed by atoms with Crippen LogP contribution >= 0.6 is 0 Å². The average Bonchev–Trinajstić information content (AvgIpc) is 2.55. The summed E-state index contributed by atoms with van der Waals surface area (Å²) < 4.78 is 11.5. The lowest BCUT2D eigenvalue weighted by Crippen LogP contribution is -2.29. The fraction of sp³-hybridized carbons (Fsp3) is 0.333. The summed E-state index contributed by atoms with van der Waals surface area (Å²) in [4.78, 5) is 0. The number of nitrogens with one attached hydrogen (secondary N) is 1. The lowest BCUT2D eigenvalue weighted by molar-refractivity contribution is 0.151. The molecular formula is C18H21NO2. The zero-order chi connectivity index (χ0) is 14.7. The Morgan fingerprint density at radius 2 is 2.00 bits per heavy atom. The lowest BCUT2D eigenvalue weighted by Gasteiger charge is -2.33. The quantitative estimate of drug-likeness (QED) is 0.924. The number of fused-ring (bicyclic) bond motifs is 1. The zero-order valence-electron chi connectivity index (χ0n) is 12.5. The maximum Gasteiger partial charge on any atom is 0.128 e. The fourth-order valence-corrected chi connectivity index (χ4v) is 2.89. The molecule has 2 aromatic carbocycles. The van der Waals surface area contributed by atoms with Gasteiger partial charge in [-0.25, -0.2) is 0 Å². The third kappa shape index (κ3) is 2.88. The van der Waals surface area contributed by atoms with Crippen LogP contribution in [0, 0.1) is 0 Å². The van der Waals surface area contributed by atoms with E-state index < -0.39 is 0 Å². The highest BCUT2D eigenvalue weighted by Gasteiger charge is 2.29. The Balaban J connectivity index is 1.95. The molecule has 3 rings (SSSR count). The molecule has 0 spiro atoms. The molecule has 2 atom stereocenters. The van der Waals surface area contributed by atoms with Crippen LogP contribution in [0.2, 0.25) is 0 Å². The molecule has 3 heteroatoms. The molecule has 1 aliphatic heterocycles. The van der Waals surface area contributed by atoms with E-state index in [4.69, 9.17) is 9.47 Å². The fourth-order valence-electron chi connectivity index (χ4n) is 2.89. The van der Waals surface area contributed by atoms with Crippen molar-refractivity contribution < 1.29 is 9.47 Å². The summed E-state index contributed by atoms with van der Waals surface area (Å²) in [6.07, 6.45) is 1.02. The van der Waals surface area contributed by atoms with Crippen molar-refractivity contribution in [3.63, 3.8) is 0 Å². The van der Waals surface area contributed by atoms with Gasteiger partial charge >= 0.3 is 0 Å². The monoisotopic (exact) mass is 283 g/mol. The summed E-state index contributed by atoms with van der Waals surface area (Å²) >= 11 is 0. The largest absolute Gasteiger partial charge is 0.497 e. The van der Waals surface area contributed by atoms with Crippen LogP contribution in [0.4, 0.5) is 0 Å². The first kappa shape index (κ1) is 14.0. The Hall–Kier alpha value is -2.00. The molecule has 1 heterocycles. The van der Waals surface area contributed by atoms with E-state index in [0.717, 1.165) is 24.5 Å². The first-order chi connectivity index (χ1) is 10.3. The zero-order valence-corrected chi connectivity index (χ0v) is 12.5. The molecule has 2 aromatic rings. The van der Waals surface area contributed by atoms with Gasteiger partial charge in [0.25, 0.3) is 0 Å². The average molecular weight is 283 g/mol. The molecule has 110 valence electrons. The predicted molar refractivity (Wildman–Crippen MR) is 83.8 cm³/mol. The number of hydrogen-bond acceptors (Lipinski definition) is 3. The van der Waals surface area contributed by atoms with Gasteiger partial charge < -0.3 is 14.8 Å². The van der Waals surface area contributed by atoms with Crippen molar-refractivity contribution in [1.29, 1.82) is 0 Å². The molecule has 2 unspecified atom stereocenters. The highest BCUT2D eigenvalue weighted by atomic mass is 16.5. The van der Waals surface area contributed by atoms with Crippen LogP contribution in [0.15, 0.2) is 48.5 Å². The minimum absolute atomic E-state index is 0.0786. The molecule has 1 aliphatic rings. The molecule has 3 nitrogen and oxygen atoms in total. The van der Waals surface area contributed by atoms with Gasteiger partial charge in [-0.15, -0.1) is 0 Å². The second-order valence-electron chi connectivity index (χ2n) is 5.27. The van der Waals surface area contributed by atoms with Gasteiger partial charge in [0.05, 0.1) is 7.11 Å². The number of rotatable bonds is 4. The van der Waals surface area contributed by atoms with Crippen LogP contribution < -0.4 is 14.8 Å². The van der Waals surface area contributed by atoms with E-state index in [2.05, 4.69) is 42.6 Å². The summed E-state index contributed by atoms with van der Waals surface area (Å²) in [5.41, 5.74) is 2.43. The van der Waals surface area contributed by atoms with Crippen LogP contribution in [-0.4, -0.2) is 13.7 Å². The summed E-state index contributed by atoms with van der Waals surface area (Å²) in [5.74, 6) is 1.75. The van der Waals surface area contributed by atoms with Gasteiger partial charge in [-0.2, -0.15) is 0 Å². The molecule has 0 amide bonds. The highest BCUT2D eigenvalue weighted by molar-refractivity contribution is 5.44. The normalized spacial score (nSPS) is 20.5. The number of methoxy groups -OCH3 is 1. The van der Waals surface area contributed by atoms with Crippen molar-refractivity contribution in [2.45, 2.75) is 25.5 Å². The highest BCUT2D eigenvalue weighted by Crippen LogP contribution is 2.42. The molecular weight excluding hydrogens is 262 g/mol. The van der Waals surface area contributed by atoms with Crippen LogP contribution in [0.1, 0.15) is 36.6 Å². The van der Waals surface area contributed by atoms with Crippen LogP contribution in [-0.2, 0) is 0 Å². The Morgan fingerprint density at radius 3 is 2.71 bits per heavy atom. The van der Waals surface area contributed by atoms with Crippen molar-refractivity contribution >= 4 is 0 Å². The molecule has 0 radical (unpaired) electrons. The first-order valence-corrected chi connectivity index (χ1v) is 7.44. The maximum absolute atomic E-state index is 6.22. The van der Waals surface area contributed by atoms with Gasteiger partial charge in [0.2, 0.25) is 0 Å². The molecule has 0 saturated heterocycles. The van der Waals surface area contributed by atoms with E-state index in [0.29, 0.717) is 6.04 Å². The molecule has 0 aromatic heterocycles. The maximum atomic E-state index is 6.22. The van der Waals surface area contributed by atoms with E-state index in [1.54, 1.807) is 7.11 Å². The lowest BCUT2D eigenvalue weighted by atomic mass is 9.93. The smallest absolute Gasteiger partial charge is 0.128 e. The van der Waals surface area contributed by atoms with Gasteiger partial charge in [-0.3, -0.25) is 0 Å². The van der Waals surface area contributed by atoms with Gasteiger partial charge in [0, 0.05) is 24.1 Å².